The Bertz CT molecular complexity index is 152. The maximum absolute atomic E-state index is 11.9. The molecular weight excluding hydrogens is 112 g/mol. The van der Waals surface area contributed by atoms with Crippen LogP contribution in [0.1, 0.15) is 5.56 Å². The molecule has 0 saturated heterocycles. The molecule has 0 unspecified atom stereocenters. The predicted molar refractivity (Wildman–Crippen MR) is 27.8 cm³/mol. The molecule has 0 radical (unpaired) electrons. The minimum absolute atomic E-state index is 0. The molecule has 3 heteroatoms. The summed E-state index contributed by atoms with van der Waals surface area (Å²) in [5.41, 5.74) is 0.923. The van der Waals surface area contributed by atoms with Crippen molar-refractivity contribution in [1.29, 1.82) is 0 Å². The first-order valence-electron chi connectivity index (χ1n) is 2.29. The zero-order chi connectivity index (χ0) is 5.98. The van der Waals surface area contributed by atoms with Crippen LogP contribution in [-0.2, 0) is 0 Å². The number of halogens is 1. The number of pyridine rings is 1. The molecule has 1 aromatic heterocycles. The smallest absolute Gasteiger partial charge is 0.266 e. The molecule has 0 aliphatic heterocycles. The van der Waals surface area contributed by atoms with E-state index in [2.05, 4.69) is 11.1 Å². The molecule has 0 fully saturated rings. The molecule has 0 saturated carbocycles. The fourth-order valence-electron chi connectivity index (χ4n) is 0.406. The van der Waals surface area contributed by atoms with Crippen molar-refractivity contribution in [3.05, 3.63) is 29.8 Å². The van der Waals surface area contributed by atoms with E-state index < -0.39 is 5.95 Å². The molecule has 0 bridgehead atoms. The Morgan fingerprint density at radius 2 is 2.33 bits per heavy atom. The summed E-state index contributed by atoms with van der Waals surface area (Å²) in [7, 11) is 0. The molecule has 0 aliphatic carbocycles. The van der Waals surface area contributed by atoms with Gasteiger partial charge in [-0.25, -0.2) is 10.5 Å². The van der Waals surface area contributed by atoms with Gasteiger partial charge in [0.25, 0.3) is 0 Å². The van der Waals surface area contributed by atoms with Crippen molar-refractivity contribution < 1.29 is 23.3 Å². The van der Waals surface area contributed by atoms with E-state index in [9.17, 15) is 4.39 Å². The van der Waals surface area contributed by atoms with Gasteiger partial charge in [0.2, 0.25) is 0 Å². The molecule has 0 spiro atoms. The van der Waals surface area contributed by atoms with Gasteiger partial charge in [0.15, 0.2) is 0 Å². The molecule has 42 valence electrons. The van der Waals surface area contributed by atoms with Crippen molar-refractivity contribution in [2.75, 3.05) is 0 Å². The number of hydrogen-bond acceptors (Lipinski definition) is 1. The molecule has 1 rings (SSSR count). The normalized spacial score (nSPS) is 8.22. The minimum atomic E-state index is -0.546. The third kappa shape index (κ3) is 2.64. The van der Waals surface area contributed by atoms with Gasteiger partial charge in [-0.1, -0.05) is 0 Å². The van der Waals surface area contributed by atoms with E-state index in [1.807, 2.05) is 6.92 Å². The van der Waals surface area contributed by atoms with Crippen LogP contribution in [-0.4, -0.2) is 4.98 Å². The van der Waals surface area contributed by atoms with Gasteiger partial charge in [-0.05, 0) is 6.20 Å². The summed E-state index contributed by atoms with van der Waals surface area (Å²) < 4.78 is 11.9. The third-order valence-corrected chi connectivity index (χ3v) is 0.800. The molecule has 9 heavy (non-hydrogen) atoms. The molecule has 1 nitrogen and oxygen atoms in total. The molecule has 1 heterocycles. The molecule has 0 amide bonds. The largest absolute Gasteiger partial charge is 1.00 e. The van der Waals surface area contributed by atoms with E-state index in [1.54, 1.807) is 6.07 Å². The van der Waals surface area contributed by atoms with Crippen LogP contribution in [0.5, 0.6) is 0 Å². The Hall–Kier alpha value is -0.323. The first-order chi connectivity index (χ1) is 3.79. The monoisotopic (exact) mass is 117 g/mol. The quantitative estimate of drug-likeness (QED) is 0.225. The minimum Gasteiger partial charge on any atom is -0.266 e. The van der Waals surface area contributed by atoms with Crippen LogP contribution in [0.15, 0.2) is 12.3 Å². The standard InChI is InChI=1S/C6H5FN.Li/c1-5-2-3-6(7)8-4-5;/h2,4H,1H3;/q-1;+1. The summed E-state index contributed by atoms with van der Waals surface area (Å²) in [5.74, 6) is -0.546. The molecule has 0 atom stereocenters. The van der Waals surface area contributed by atoms with Gasteiger partial charge in [-0.3, -0.25) is 4.98 Å². The topological polar surface area (TPSA) is 12.9 Å². The van der Waals surface area contributed by atoms with E-state index in [4.69, 9.17) is 0 Å². The predicted octanol–water partition coefficient (Wildman–Crippen LogP) is -1.67. The van der Waals surface area contributed by atoms with Crippen LogP contribution >= 0.6 is 0 Å². The van der Waals surface area contributed by atoms with E-state index in [-0.39, 0.29) is 18.9 Å². The Labute approximate surface area is 65.5 Å². The first-order valence-corrected chi connectivity index (χ1v) is 2.29. The maximum atomic E-state index is 11.9. The van der Waals surface area contributed by atoms with Crippen molar-refractivity contribution in [3.8, 4) is 0 Å². The first kappa shape index (κ1) is 8.68. The molecule has 0 N–H and O–H groups in total. The summed E-state index contributed by atoms with van der Waals surface area (Å²) in [6, 6.07) is 3.88. The van der Waals surface area contributed by atoms with Gasteiger partial charge < -0.3 is 0 Å². The summed E-state index contributed by atoms with van der Waals surface area (Å²) in [4.78, 5) is 3.36. The van der Waals surface area contributed by atoms with Crippen LogP contribution < -0.4 is 18.9 Å². The van der Waals surface area contributed by atoms with Crippen LogP contribution in [0, 0.1) is 18.9 Å². The van der Waals surface area contributed by atoms with Crippen LogP contribution in [0.25, 0.3) is 0 Å². The maximum Gasteiger partial charge on any atom is 1.00 e. The van der Waals surface area contributed by atoms with E-state index >= 15 is 0 Å². The van der Waals surface area contributed by atoms with Crippen LogP contribution in [0.3, 0.4) is 0 Å². The second-order valence-electron chi connectivity index (χ2n) is 1.58. The van der Waals surface area contributed by atoms with E-state index in [1.165, 1.54) is 6.20 Å². The fourth-order valence-corrected chi connectivity index (χ4v) is 0.406. The number of aryl methyl sites for hydroxylation is 1. The summed E-state index contributed by atoms with van der Waals surface area (Å²) in [6.07, 6.45) is 1.46. The fraction of sp³-hybridized carbons (Fsp3) is 0.167. The van der Waals surface area contributed by atoms with Crippen molar-refractivity contribution in [2.45, 2.75) is 6.92 Å². The Balaban J connectivity index is 0.000000640. The third-order valence-electron chi connectivity index (χ3n) is 0.800. The van der Waals surface area contributed by atoms with Crippen molar-refractivity contribution in [3.63, 3.8) is 0 Å². The number of hydrogen-bond donors (Lipinski definition) is 0. The molecule has 0 aromatic carbocycles. The summed E-state index contributed by atoms with van der Waals surface area (Å²) >= 11 is 0. The van der Waals surface area contributed by atoms with Gasteiger partial charge in [-0.15, -0.1) is 6.92 Å². The zero-order valence-electron chi connectivity index (χ0n) is 5.48. The van der Waals surface area contributed by atoms with Crippen molar-refractivity contribution in [2.24, 2.45) is 0 Å². The van der Waals surface area contributed by atoms with Crippen LogP contribution in [0.2, 0.25) is 0 Å². The SMILES string of the molecule is Cc1c[c-]c(F)nc1.[Li+]. The number of rotatable bonds is 0. The Kier molecular flexibility index (Phi) is 3.52. The van der Waals surface area contributed by atoms with Gasteiger partial charge in [-0.2, -0.15) is 11.6 Å². The van der Waals surface area contributed by atoms with Crippen molar-refractivity contribution in [1.82, 2.24) is 4.98 Å². The van der Waals surface area contributed by atoms with E-state index in [0.717, 1.165) is 5.56 Å². The van der Waals surface area contributed by atoms with Crippen molar-refractivity contribution >= 4 is 0 Å². The Morgan fingerprint density at radius 3 is 2.67 bits per heavy atom. The molecular formula is C6H5FLiN. The van der Waals surface area contributed by atoms with Crippen LogP contribution in [0.4, 0.5) is 4.39 Å². The van der Waals surface area contributed by atoms with E-state index in [0.29, 0.717) is 0 Å². The summed E-state index contributed by atoms with van der Waals surface area (Å²) in [6.45, 7) is 1.84. The van der Waals surface area contributed by atoms with Gasteiger partial charge in [0.1, 0.15) is 5.95 Å². The Morgan fingerprint density at radius 1 is 1.67 bits per heavy atom. The zero-order valence-corrected chi connectivity index (χ0v) is 5.48. The van der Waals surface area contributed by atoms with Gasteiger partial charge in [0, 0.05) is 0 Å². The second kappa shape index (κ2) is 3.66. The number of aromatic nitrogens is 1. The molecule has 1 aromatic rings. The second-order valence-corrected chi connectivity index (χ2v) is 1.58. The van der Waals surface area contributed by atoms with Gasteiger partial charge >= 0.3 is 18.9 Å². The molecule has 0 aliphatic rings. The number of nitrogens with zero attached hydrogens (tertiary/aromatic N) is 1. The average Bonchev–Trinajstić information content (AvgIpc) is 1.77. The summed E-state index contributed by atoms with van der Waals surface area (Å²) in [5, 5.41) is 0. The average molecular weight is 117 g/mol. The van der Waals surface area contributed by atoms with Gasteiger partial charge in [0.05, 0.1) is 0 Å².